The lowest BCUT2D eigenvalue weighted by atomic mass is 9.86. The van der Waals surface area contributed by atoms with Gasteiger partial charge in [-0.05, 0) is 18.8 Å². The second kappa shape index (κ2) is 5.15. The van der Waals surface area contributed by atoms with Gasteiger partial charge in [-0.1, -0.05) is 20.8 Å². The van der Waals surface area contributed by atoms with Crippen LogP contribution in [0, 0.1) is 11.3 Å². The second-order valence-corrected chi connectivity index (χ2v) is 5.76. The monoisotopic (exact) mass is 228 g/mol. The Bertz CT molecular complexity index is 242. The third-order valence-electron chi connectivity index (χ3n) is 3.26. The molecule has 0 saturated carbocycles. The van der Waals surface area contributed by atoms with Crippen molar-refractivity contribution < 1.29 is 9.53 Å². The molecule has 1 aliphatic heterocycles. The van der Waals surface area contributed by atoms with Crippen molar-refractivity contribution in [3.63, 3.8) is 0 Å². The Morgan fingerprint density at radius 3 is 2.56 bits per heavy atom. The van der Waals surface area contributed by atoms with Gasteiger partial charge in [0.05, 0.1) is 12.6 Å². The van der Waals surface area contributed by atoms with Crippen molar-refractivity contribution in [2.45, 2.75) is 46.2 Å². The van der Waals surface area contributed by atoms with Gasteiger partial charge in [-0.2, -0.15) is 0 Å². The van der Waals surface area contributed by atoms with E-state index in [2.05, 4.69) is 5.32 Å². The van der Waals surface area contributed by atoms with Gasteiger partial charge in [-0.15, -0.1) is 0 Å². The van der Waals surface area contributed by atoms with Gasteiger partial charge in [0.1, 0.15) is 0 Å². The van der Waals surface area contributed by atoms with Crippen molar-refractivity contribution >= 4 is 5.91 Å². The second-order valence-electron chi connectivity index (χ2n) is 5.76. The summed E-state index contributed by atoms with van der Waals surface area (Å²) in [5, 5.41) is 2.98. The zero-order chi connectivity index (χ0) is 12.3. The maximum absolute atomic E-state index is 11.9. The number of amides is 1. The fourth-order valence-corrected chi connectivity index (χ4v) is 1.77. The normalized spacial score (nSPS) is 25.2. The zero-order valence-corrected chi connectivity index (χ0v) is 10.7. The molecule has 1 heterocycles. The van der Waals surface area contributed by atoms with Crippen molar-refractivity contribution in [1.82, 2.24) is 5.32 Å². The lowest BCUT2D eigenvalue weighted by Crippen LogP contribution is -2.52. The van der Waals surface area contributed by atoms with Crippen LogP contribution in [0.1, 0.15) is 34.1 Å². The van der Waals surface area contributed by atoms with Crippen LogP contribution in [0.25, 0.3) is 0 Å². The van der Waals surface area contributed by atoms with Gasteiger partial charge in [0.2, 0.25) is 5.91 Å². The number of ether oxygens (including phenoxy) is 1. The van der Waals surface area contributed by atoms with Crippen molar-refractivity contribution in [2.75, 3.05) is 13.2 Å². The van der Waals surface area contributed by atoms with E-state index < -0.39 is 6.04 Å². The molecule has 0 aromatic rings. The molecule has 4 nitrogen and oxygen atoms in total. The molecule has 0 spiro atoms. The first-order valence-corrected chi connectivity index (χ1v) is 5.96. The topological polar surface area (TPSA) is 64.4 Å². The van der Waals surface area contributed by atoms with Crippen molar-refractivity contribution in [2.24, 2.45) is 17.1 Å². The highest BCUT2D eigenvalue weighted by molar-refractivity contribution is 5.82. The van der Waals surface area contributed by atoms with Crippen LogP contribution in [-0.2, 0) is 9.53 Å². The molecule has 0 aromatic heterocycles. The predicted octanol–water partition coefficient (Wildman–Crippen LogP) is 0.901. The molecule has 1 aliphatic rings. The predicted molar refractivity (Wildman–Crippen MR) is 64.0 cm³/mol. The smallest absolute Gasteiger partial charge is 0.237 e. The summed E-state index contributed by atoms with van der Waals surface area (Å²) < 4.78 is 5.30. The first-order chi connectivity index (χ1) is 7.32. The van der Waals surface area contributed by atoms with Crippen molar-refractivity contribution in [3.05, 3.63) is 0 Å². The number of hydrogen-bond donors (Lipinski definition) is 2. The average Bonchev–Trinajstić information content (AvgIpc) is 2.67. The highest BCUT2D eigenvalue weighted by Gasteiger charge is 2.30. The summed E-state index contributed by atoms with van der Waals surface area (Å²) >= 11 is 0. The van der Waals surface area contributed by atoms with Crippen molar-refractivity contribution in [1.29, 1.82) is 0 Å². The third kappa shape index (κ3) is 3.46. The molecule has 1 amide bonds. The van der Waals surface area contributed by atoms with Gasteiger partial charge >= 0.3 is 0 Å². The SMILES string of the molecule is CC(NC(=O)[C@@H](N)C(C)(C)C)C1CCOC1. The molecule has 3 atom stereocenters. The van der Waals surface area contributed by atoms with Crippen LogP contribution in [0.4, 0.5) is 0 Å². The highest BCUT2D eigenvalue weighted by atomic mass is 16.5. The average molecular weight is 228 g/mol. The molecule has 94 valence electrons. The van der Waals surface area contributed by atoms with Crippen LogP contribution >= 0.6 is 0 Å². The molecule has 0 aliphatic carbocycles. The van der Waals surface area contributed by atoms with Gasteiger partial charge in [-0.3, -0.25) is 4.79 Å². The van der Waals surface area contributed by atoms with Crippen LogP contribution in [-0.4, -0.2) is 31.2 Å². The highest BCUT2D eigenvalue weighted by Crippen LogP contribution is 2.19. The number of nitrogens with one attached hydrogen (secondary N) is 1. The number of carbonyl (C=O) groups is 1. The molecule has 1 saturated heterocycles. The minimum absolute atomic E-state index is 0.0631. The van der Waals surface area contributed by atoms with E-state index in [1.165, 1.54) is 0 Å². The van der Waals surface area contributed by atoms with E-state index in [0.29, 0.717) is 5.92 Å². The Morgan fingerprint density at radius 1 is 1.50 bits per heavy atom. The fourth-order valence-electron chi connectivity index (χ4n) is 1.77. The number of hydrogen-bond acceptors (Lipinski definition) is 3. The first-order valence-electron chi connectivity index (χ1n) is 5.96. The first kappa shape index (κ1) is 13.5. The molecule has 0 bridgehead atoms. The third-order valence-corrected chi connectivity index (χ3v) is 3.26. The Balaban J connectivity index is 2.44. The van der Waals surface area contributed by atoms with Gasteiger partial charge in [0, 0.05) is 18.6 Å². The molecule has 2 unspecified atom stereocenters. The van der Waals surface area contributed by atoms with Crippen LogP contribution in [0.2, 0.25) is 0 Å². The van der Waals surface area contributed by atoms with E-state index in [1.54, 1.807) is 0 Å². The molecular formula is C12H24N2O2. The maximum atomic E-state index is 11.9. The molecule has 0 radical (unpaired) electrons. The molecule has 1 rings (SSSR count). The summed E-state index contributed by atoms with van der Waals surface area (Å²) in [6, 6.07) is -0.319. The molecule has 1 fully saturated rings. The number of rotatable bonds is 3. The quantitative estimate of drug-likeness (QED) is 0.754. The van der Waals surface area contributed by atoms with Crippen LogP contribution in [0.5, 0.6) is 0 Å². The standard InChI is InChI=1S/C12H24N2O2/c1-8(9-5-6-16-7-9)14-11(15)10(13)12(2,3)4/h8-10H,5-7,13H2,1-4H3,(H,14,15)/t8?,9?,10-/m1/s1. The van der Waals surface area contributed by atoms with Gasteiger partial charge in [0.25, 0.3) is 0 Å². The van der Waals surface area contributed by atoms with E-state index in [9.17, 15) is 4.79 Å². The van der Waals surface area contributed by atoms with Crippen LogP contribution in [0.15, 0.2) is 0 Å². The number of carbonyl (C=O) groups excluding carboxylic acids is 1. The van der Waals surface area contributed by atoms with E-state index in [4.69, 9.17) is 10.5 Å². The lowest BCUT2D eigenvalue weighted by Gasteiger charge is -2.28. The van der Waals surface area contributed by atoms with E-state index >= 15 is 0 Å². The Morgan fingerprint density at radius 2 is 2.12 bits per heavy atom. The summed E-state index contributed by atoms with van der Waals surface area (Å²) in [6.07, 6.45) is 1.02. The van der Waals surface area contributed by atoms with Crippen LogP contribution < -0.4 is 11.1 Å². The zero-order valence-electron chi connectivity index (χ0n) is 10.7. The molecule has 4 heteroatoms. The minimum Gasteiger partial charge on any atom is -0.381 e. The van der Waals surface area contributed by atoms with E-state index in [-0.39, 0.29) is 17.4 Å². The Hall–Kier alpha value is -0.610. The summed E-state index contributed by atoms with van der Waals surface area (Å²) in [5.41, 5.74) is 5.70. The minimum atomic E-state index is -0.461. The molecule has 0 aromatic carbocycles. The van der Waals surface area contributed by atoms with Gasteiger partial charge in [-0.25, -0.2) is 0 Å². The molecular weight excluding hydrogens is 204 g/mol. The summed E-state index contributed by atoms with van der Waals surface area (Å²) in [7, 11) is 0. The Kier molecular flexibility index (Phi) is 4.33. The molecule has 16 heavy (non-hydrogen) atoms. The lowest BCUT2D eigenvalue weighted by molar-refractivity contribution is -0.125. The Labute approximate surface area is 97.9 Å². The summed E-state index contributed by atoms with van der Waals surface area (Å²) in [6.45, 7) is 9.48. The summed E-state index contributed by atoms with van der Waals surface area (Å²) in [5.74, 6) is 0.364. The maximum Gasteiger partial charge on any atom is 0.237 e. The summed E-state index contributed by atoms with van der Waals surface area (Å²) in [4.78, 5) is 11.9. The van der Waals surface area contributed by atoms with Gasteiger partial charge < -0.3 is 15.8 Å². The fraction of sp³-hybridized carbons (Fsp3) is 0.917. The largest absolute Gasteiger partial charge is 0.381 e. The molecule has 3 N–H and O–H groups in total. The van der Waals surface area contributed by atoms with Gasteiger partial charge in [0.15, 0.2) is 0 Å². The van der Waals surface area contributed by atoms with Crippen LogP contribution in [0.3, 0.4) is 0 Å². The van der Waals surface area contributed by atoms with E-state index in [1.807, 2.05) is 27.7 Å². The van der Waals surface area contributed by atoms with Crippen molar-refractivity contribution in [3.8, 4) is 0 Å². The van der Waals surface area contributed by atoms with E-state index in [0.717, 1.165) is 19.6 Å². The number of nitrogens with two attached hydrogens (primary N) is 1.